The van der Waals surface area contributed by atoms with Gasteiger partial charge in [0, 0.05) is 11.6 Å². The average Bonchev–Trinajstić information content (AvgIpc) is 2.63. The first-order chi connectivity index (χ1) is 12.5. The molecule has 0 bridgehead atoms. The third-order valence-corrected chi connectivity index (χ3v) is 3.98. The van der Waals surface area contributed by atoms with E-state index in [0.717, 1.165) is 5.57 Å². The number of para-hydroxylation sites is 1. The largest absolute Gasteiger partial charge is 0.507 e. The zero-order valence-corrected chi connectivity index (χ0v) is 14.9. The van der Waals surface area contributed by atoms with Crippen LogP contribution in [0.3, 0.4) is 0 Å². The van der Waals surface area contributed by atoms with Gasteiger partial charge in [-0.3, -0.25) is 4.79 Å². The second kappa shape index (κ2) is 7.35. The number of hydrogen-bond donors (Lipinski definition) is 1. The van der Waals surface area contributed by atoms with E-state index in [-0.39, 0.29) is 22.5 Å². The lowest BCUT2D eigenvalue weighted by Crippen LogP contribution is -2.06. The van der Waals surface area contributed by atoms with Crippen molar-refractivity contribution < 1.29 is 19.0 Å². The number of ether oxygens (including phenoxy) is 2. The summed E-state index contributed by atoms with van der Waals surface area (Å²) in [5.74, 6) is 0.839. The number of benzene rings is 2. The molecule has 0 saturated carbocycles. The van der Waals surface area contributed by atoms with Gasteiger partial charge in [-0.2, -0.15) is 0 Å². The van der Waals surface area contributed by atoms with E-state index >= 15 is 0 Å². The minimum absolute atomic E-state index is 0.0114. The molecule has 5 heteroatoms. The van der Waals surface area contributed by atoms with Crippen molar-refractivity contribution in [1.82, 2.24) is 0 Å². The van der Waals surface area contributed by atoms with Crippen LogP contribution in [0.5, 0.6) is 23.0 Å². The highest BCUT2D eigenvalue weighted by molar-refractivity contribution is 5.87. The Bertz CT molecular complexity index is 1010. The Labute approximate surface area is 151 Å². The molecule has 134 valence electrons. The quantitative estimate of drug-likeness (QED) is 0.668. The first-order valence-corrected chi connectivity index (χ1v) is 8.22. The van der Waals surface area contributed by atoms with Gasteiger partial charge < -0.3 is 19.0 Å². The molecular formula is C21H20O5. The smallest absolute Gasteiger partial charge is 0.238 e. The lowest BCUT2D eigenvalue weighted by molar-refractivity contribution is 0.400. The molecule has 3 rings (SSSR count). The van der Waals surface area contributed by atoms with Crippen molar-refractivity contribution in [3.8, 4) is 23.0 Å². The first kappa shape index (κ1) is 17.6. The summed E-state index contributed by atoms with van der Waals surface area (Å²) in [5, 5.41) is 10.8. The molecule has 2 aromatic carbocycles. The summed E-state index contributed by atoms with van der Waals surface area (Å²) in [4.78, 5) is 12.8. The van der Waals surface area contributed by atoms with Gasteiger partial charge in [-0.25, -0.2) is 0 Å². The number of aromatic hydroxyl groups is 1. The summed E-state index contributed by atoms with van der Waals surface area (Å²) in [6.07, 6.45) is 3.64. The van der Waals surface area contributed by atoms with Gasteiger partial charge >= 0.3 is 0 Å². The average molecular weight is 352 g/mol. The van der Waals surface area contributed by atoms with Crippen LogP contribution in [0.2, 0.25) is 0 Å². The van der Waals surface area contributed by atoms with Crippen molar-refractivity contribution in [2.75, 3.05) is 7.11 Å². The fourth-order valence-electron chi connectivity index (χ4n) is 2.64. The van der Waals surface area contributed by atoms with Gasteiger partial charge in [0.2, 0.25) is 11.2 Å². The zero-order chi connectivity index (χ0) is 18.7. The molecule has 1 heterocycles. The molecule has 0 saturated heterocycles. The van der Waals surface area contributed by atoms with Gasteiger partial charge in [-0.15, -0.1) is 0 Å². The standard InChI is InChI=1S/C21H20O5/c1-13(2)9-10-15-16(24-3)11-17-19(20(15)22)21(23)18(12-25-17)26-14-7-5-4-6-8-14/h4-9,11-12,22H,10H2,1-3H3. The topological polar surface area (TPSA) is 68.9 Å². The van der Waals surface area contributed by atoms with Crippen LogP contribution in [0.1, 0.15) is 19.4 Å². The van der Waals surface area contributed by atoms with Gasteiger partial charge in [-0.05, 0) is 32.4 Å². The van der Waals surface area contributed by atoms with Crippen molar-refractivity contribution in [3.63, 3.8) is 0 Å². The molecule has 3 aromatic rings. The molecule has 0 spiro atoms. The lowest BCUT2D eigenvalue weighted by atomic mass is 10.0. The highest BCUT2D eigenvalue weighted by Gasteiger charge is 2.19. The van der Waals surface area contributed by atoms with Crippen LogP contribution in [0.25, 0.3) is 11.0 Å². The second-order valence-electron chi connectivity index (χ2n) is 6.11. The molecule has 0 aliphatic rings. The second-order valence-corrected chi connectivity index (χ2v) is 6.11. The molecule has 1 aromatic heterocycles. The van der Waals surface area contributed by atoms with Crippen LogP contribution in [0.15, 0.2) is 63.5 Å². The van der Waals surface area contributed by atoms with Crippen molar-refractivity contribution >= 4 is 11.0 Å². The fraction of sp³-hybridized carbons (Fsp3) is 0.190. The van der Waals surface area contributed by atoms with E-state index in [1.54, 1.807) is 30.3 Å². The van der Waals surface area contributed by atoms with Gasteiger partial charge in [0.25, 0.3) is 0 Å². The predicted molar refractivity (Wildman–Crippen MR) is 100 cm³/mol. The molecule has 0 aliphatic heterocycles. The summed E-state index contributed by atoms with van der Waals surface area (Å²) >= 11 is 0. The summed E-state index contributed by atoms with van der Waals surface area (Å²) in [6, 6.07) is 10.5. The van der Waals surface area contributed by atoms with Crippen LogP contribution in [0, 0.1) is 0 Å². The molecule has 0 aliphatic carbocycles. The lowest BCUT2D eigenvalue weighted by Gasteiger charge is -2.12. The molecule has 0 atom stereocenters. The van der Waals surface area contributed by atoms with Crippen LogP contribution >= 0.6 is 0 Å². The number of allylic oxidation sites excluding steroid dienone is 2. The molecule has 0 unspecified atom stereocenters. The summed E-state index contributed by atoms with van der Waals surface area (Å²) in [6.45, 7) is 3.93. The van der Waals surface area contributed by atoms with Gasteiger partial charge in [0.1, 0.15) is 34.5 Å². The van der Waals surface area contributed by atoms with E-state index in [1.165, 1.54) is 13.4 Å². The monoisotopic (exact) mass is 352 g/mol. The molecular weight excluding hydrogens is 332 g/mol. The molecule has 5 nitrogen and oxygen atoms in total. The summed E-state index contributed by atoms with van der Waals surface area (Å²) in [5.41, 5.74) is 1.43. The van der Waals surface area contributed by atoms with E-state index in [9.17, 15) is 9.90 Å². The third-order valence-electron chi connectivity index (χ3n) is 3.98. The van der Waals surface area contributed by atoms with E-state index in [2.05, 4.69) is 0 Å². The maximum atomic E-state index is 12.8. The van der Waals surface area contributed by atoms with Crippen LogP contribution in [-0.2, 0) is 6.42 Å². The first-order valence-electron chi connectivity index (χ1n) is 8.22. The SMILES string of the molecule is COc1cc2occ(Oc3ccccc3)c(=O)c2c(O)c1CC=C(C)C. The number of fused-ring (bicyclic) bond motifs is 1. The number of rotatable bonds is 5. The Kier molecular flexibility index (Phi) is 4.98. The molecule has 0 amide bonds. The Balaban J connectivity index is 2.16. The van der Waals surface area contributed by atoms with Crippen LogP contribution in [-0.4, -0.2) is 12.2 Å². The van der Waals surface area contributed by atoms with Crippen LogP contribution < -0.4 is 14.9 Å². The van der Waals surface area contributed by atoms with Gasteiger partial charge in [0.15, 0.2) is 0 Å². The van der Waals surface area contributed by atoms with E-state index in [4.69, 9.17) is 13.9 Å². The number of hydrogen-bond acceptors (Lipinski definition) is 5. The summed E-state index contributed by atoms with van der Waals surface area (Å²) < 4.78 is 16.5. The van der Waals surface area contributed by atoms with E-state index < -0.39 is 5.43 Å². The third kappa shape index (κ3) is 3.42. The Morgan fingerprint density at radius 1 is 1.19 bits per heavy atom. The predicted octanol–water partition coefficient (Wildman–Crippen LogP) is 4.81. The van der Waals surface area contributed by atoms with E-state index in [1.807, 2.05) is 26.0 Å². The minimum atomic E-state index is -0.436. The highest BCUT2D eigenvalue weighted by Crippen LogP contribution is 2.36. The Morgan fingerprint density at radius 2 is 1.92 bits per heavy atom. The molecule has 0 radical (unpaired) electrons. The minimum Gasteiger partial charge on any atom is -0.507 e. The maximum absolute atomic E-state index is 12.8. The summed E-state index contributed by atoms with van der Waals surface area (Å²) in [7, 11) is 1.51. The van der Waals surface area contributed by atoms with Crippen molar-refractivity contribution in [2.24, 2.45) is 0 Å². The van der Waals surface area contributed by atoms with Crippen molar-refractivity contribution in [2.45, 2.75) is 20.3 Å². The number of phenolic OH excluding ortho intramolecular Hbond substituents is 1. The Morgan fingerprint density at radius 3 is 2.58 bits per heavy atom. The molecule has 26 heavy (non-hydrogen) atoms. The molecule has 1 N–H and O–H groups in total. The van der Waals surface area contributed by atoms with Crippen molar-refractivity contribution in [1.29, 1.82) is 0 Å². The molecule has 0 fully saturated rings. The van der Waals surface area contributed by atoms with Gasteiger partial charge in [0.05, 0.1) is 7.11 Å². The fourth-order valence-corrected chi connectivity index (χ4v) is 2.64. The van der Waals surface area contributed by atoms with E-state index in [0.29, 0.717) is 23.5 Å². The number of methoxy groups -OCH3 is 1. The van der Waals surface area contributed by atoms with Crippen LogP contribution in [0.4, 0.5) is 0 Å². The van der Waals surface area contributed by atoms with Gasteiger partial charge in [-0.1, -0.05) is 29.8 Å². The van der Waals surface area contributed by atoms with Crippen molar-refractivity contribution in [3.05, 3.63) is 70.1 Å². The zero-order valence-electron chi connectivity index (χ0n) is 14.9. The maximum Gasteiger partial charge on any atom is 0.238 e. The number of phenols is 1. The highest BCUT2D eigenvalue weighted by atomic mass is 16.5. The normalized spacial score (nSPS) is 10.6. The Hall–Kier alpha value is -3.21.